The fourth-order valence-electron chi connectivity index (χ4n) is 0.649. The summed E-state index contributed by atoms with van der Waals surface area (Å²) in [6.07, 6.45) is 0. The summed E-state index contributed by atoms with van der Waals surface area (Å²) >= 11 is 0. The Morgan fingerprint density at radius 3 is 2.92 bits per heavy atom. The highest BCUT2D eigenvalue weighted by Crippen LogP contribution is 1.93. The van der Waals surface area contributed by atoms with Crippen molar-refractivity contribution in [3.8, 4) is 0 Å². The first kappa shape index (κ1) is 8.31. The van der Waals surface area contributed by atoms with Crippen LogP contribution in [0.15, 0.2) is 9.98 Å². The number of carbonyl (C=O) groups is 1. The van der Waals surface area contributed by atoms with Crippen LogP contribution in [0.5, 0.6) is 0 Å². The van der Waals surface area contributed by atoms with E-state index in [1.807, 2.05) is 0 Å². The largest absolute Gasteiger partial charge is 0.462 e. The fraction of sp³-hybridized carbons (Fsp3) is 0.400. The number of amidine groups is 1. The number of guanidine groups is 1. The van der Waals surface area contributed by atoms with Gasteiger partial charge in [0.05, 0.1) is 6.54 Å². The molecule has 66 valence electrons. The number of urea groups is 1. The Kier molecular flexibility index (Phi) is 2.46. The van der Waals surface area contributed by atoms with Crippen LogP contribution in [0.4, 0.5) is 4.79 Å². The maximum atomic E-state index is 10.3. The smallest absolute Gasteiger partial charge is 0.318 e. The first-order valence-electron chi connectivity index (χ1n) is 3.26. The molecule has 7 nitrogen and oxygen atoms in total. The van der Waals surface area contributed by atoms with Gasteiger partial charge in [0.25, 0.3) is 0 Å². The van der Waals surface area contributed by atoms with Gasteiger partial charge in [0.2, 0.25) is 5.96 Å². The Morgan fingerprint density at radius 1 is 1.67 bits per heavy atom. The molecule has 0 aromatic carbocycles. The number of nitrogens with two attached hydrogens (primary N) is 2. The van der Waals surface area contributed by atoms with E-state index < -0.39 is 6.03 Å². The predicted octanol–water partition coefficient (Wildman–Crippen LogP) is -1.64. The Balaban J connectivity index is 2.49. The normalized spacial score (nSPS) is 16.7. The number of aliphatic imine (C=N–C) groups is 2. The van der Waals surface area contributed by atoms with E-state index in [1.54, 1.807) is 0 Å². The van der Waals surface area contributed by atoms with Gasteiger partial charge in [0, 0.05) is 0 Å². The minimum Gasteiger partial charge on any atom is -0.462 e. The van der Waals surface area contributed by atoms with Crippen LogP contribution in [-0.2, 0) is 4.74 Å². The molecule has 12 heavy (non-hydrogen) atoms. The number of nitrogens with one attached hydrogen (secondary N) is 1. The molecule has 1 aliphatic heterocycles. The van der Waals surface area contributed by atoms with Gasteiger partial charge in [0.1, 0.15) is 6.61 Å². The molecule has 0 saturated heterocycles. The van der Waals surface area contributed by atoms with Crippen LogP contribution in [0.3, 0.4) is 0 Å². The van der Waals surface area contributed by atoms with E-state index in [2.05, 4.69) is 15.3 Å². The van der Waals surface area contributed by atoms with Crippen LogP contribution in [0.1, 0.15) is 0 Å². The van der Waals surface area contributed by atoms with E-state index in [-0.39, 0.29) is 12.0 Å². The molecule has 0 radical (unpaired) electrons. The van der Waals surface area contributed by atoms with Gasteiger partial charge >= 0.3 is 12.1 Å². The van der Waals surface area contributed by atoms with Crippen molar-refractivity contribution in [3.05, 3.63) is 0 Å². The van der Waals surface area contributed by atoms with Crippen molar-refractivity contribution in [2.75, 3.05) is 13.2 Å². The maximum Gasteiger partial charge on any atom is 0.318 e. The van der Waals surface area contributed by atoms with Crippen LogP contribution in [0, 0.1) is 0 Å². The second kappa shape index (κ2) is 3.56. The van der Waals surface area contributed by atoms with Crippen LogP contribution >= 0.6 is 0 Å². The number of carbonyl (C=O) groups excluding carboxylic acids is 1. The lowest BCUT2D eigenvalue weighted by Gasteiger charge is -1.98. The Bertz CT molecular complexity index is 246. The summed E-state index contributed by atoms with van der Waals surface area (Å²) in [5, 5.41) is 2.08. The first-order valence-corrected chi connectivity index (χ1v) is 3.26. The molecule has 1 aliphatic rings. The summed E-state index contributed by atoms with van der Waals surface area (Å²) < 4.78 is 4.90. The minimum absolute atomic E-state index is 0.122. The number of rotatable bonds is 0. The van der Waals surface area contributed by atoms with Gasteiger partial charge in [-0.1, -0.05) is 0 Å². The molecule has 1 rings (SSSR count). The molecule has 0 spiro atoms. The molecule has 5 N–H and O–H groups in total. The van der Waals surface area contributed by atoms with Crippen LogP contribution in [0.2, 0.25) is 0 Å². The van der Waals surface area contributed by atoms with Crippen molar-refractivity contribution in [2.45, 2.75) is 0 Å². The van der Waals surface area contributed by atoms with Gasteiger partial charge in [-0.15, -0.1) is 0 Å². The third-order valence-electron chi connectivity index (χ3n) is 1.04. The molecule has 0 unspecified atom stereocenters. The number of hydrogen-bond donors (Lipinski definition) is 3. The summed E-state index contributed by atoms with van der Waals surface area (Å²) in [4.78, 5) is 17.7. The van der Waals surface area contributed by atoms with Crippen molar-refractivity contribution in [1.82, 2.24) is 5.32 Å². The molecule has 2 amide bonds. The Morgan fingerprint density at radius 2 is 2.42 bits per heavy atom. The molecule has 7 heteroatoms. The molecule has 0 saturated carbocycles. The highest BCUT2D eigenvalue weighted by Gasteiger charge is 2.06. The number of primary amides is 1. The number of hydrogen-bond acceptors (Lipinski definition) is 4. The van der Waals surface area contributed by atoms with E-state index in [4.69, 9.17) is 16.2 Å². The second-order valence-corrected chi connectivity index (χ2v) is 2.00. The van der Waals surface area contributed by atoms with Crippen molar-refractivity contribution in [2.24, 2.45) is 21.5 Å². The molecule has 0 aromatic rings. The van der Waals surface area contributed by atoms with Crippen molar-refractivity contribution < 1.29 is 9.53 Å². The zero-order valence-electron chi connectivity index (χ0n) is 6.28. The van der Waals surface area contributed by atoms with Crippen molar-refractivity contribution in [3.63, 3.8) is 0 Å². The summed E-state index contributed by atoms with van der Waals surface area (Å²) in [5.74, 6) is -0.122. The lowest BCUT2D eigenvalue weighted by molar-refractivity contribution is 0.253. The third-order valence-corrected chi connectivity index (χ3v) is 1.04. The van der Waals surface area contributed by atoms with Gasteiger partial charge in [-0.05, 0) is 0 Å². The zero-order valence-corrected chi connectivity index (χ0v) is 6.28. The molecule has 0 fully saturated rings. The molecule has 1 heterocycles. The highest BCUT2D eigenvalue weighted by atomic mass is 16.5. The first-order chi connectivity index (χ1) is 5.68. The Labute approximate surface area is 68.5 Å². The zero-order chi connectivity index (χ0) is 8.97. The van der Waals surface area contributed by atoms with Gasteiger partial charge in [-0.25, -0.2) is 9.79 Å². The van der Waals surface area contributed by atoms with E-state index >= 15 is 0 Å². The van der Waals surface area contributed by atoms with E-state index in [9.17, 15) is 4.79 Å². The SMILES string of the molecule is NC(=O)N/C(N)=N/C1=NCCO1. The lowest BCUT2D eigenvalue weighted by Crippen LogP contribution is -2.40. The minimum atomic E-state index is -0.769. The van der Waals surface area contributed by atoms with Gasteiger partial charge in [-0.2, -0.15) is 4.99 Å². The quantitative estimate of drug-likeness (QED) is 0.299. The van der Waals surface area contributed by atoms with E-state index in [1.165, 1.54) is 0 Å². The monoisotopic (exact) mass is 171 g/mol. The second-order valence-electron chi connectivity index (χ2n) is 2.00. The average Bonchev–Trinajstić information content (AvgIpc) is 2.37. The third kappa shape index (κ3) is 2.45. The molecule has 0 bridgehead atoms. The highest BCUT2D eigenvalue weighted by molar-refractivity contribution is 5.99. The Hall–Kier alpha value is -1.79. The molecule has 0 aliphatic carbocycles. The van der Waals surface area contributed by atoms with Gasteiger partial charge in [0.15, 0.2) is 0 Å². The summed E-state index contributed by atoms with van der Waals surface area (Å²) in [6.45, 7) is 1.05. The molecular weight excluding hydrogens is 162 g/mol. The van der Waals surface area contributed by atoms with E-state index in [0.717, 1.165) is 0 Å². The number of amides is 2. The summed E-state index contributed by atoms with van der Waals surface area (Å²) in [7, 11) is 0. The van der Waals surface area contributed by atoms with E-state index in [0.29, 0.717) is 13.2 Å². The molecule has 0 aromatic heterocycles. The van der Waals surface area contributed by atoms with Crippen LogP contribution < -0.4 is 16.8 Å². The van der Waals surface area contributed by atoms with Gasteiger partial charge < -0.3 is 16.2 Å². The van der Waals surface area contributed by atoms with Gasteiger partial charge in [-0.3, -0.25) is 5.32 Å². The average molecular weight is 171 g/mol. The fourth-order valence-corrected chi connectivity index (χ4v) is 0.649. The van der Waals surface area contributed by atoms with Crippen molar-refractivity contribution in [1.29, 1.82) is 0 Å². The lowest BCUT2D eigenvalue weighted by atomic mass is 10.8. The standard InChI is InChI=1S/C5H9N5O2/c6-3(9-4(7)11)10-5-8-1-2-12-5/h1-2H2,(H5,6,7,8,9,10,11). The summed E-state index contributed by atoms with van der Waals surface area (Å²) in [5.41, 5.74) is 10.0. The molecule has 0 atom stereocenters. The maximum absolute atomic E-state index is 10.3. The van der Waals surface area contributed by atoms with Crippen LogP contribution in [0.25, 0.3) is 0 Å². The van der Waals surface area contributed by atoms with Crippen molar-refractivity contribution >= 4 is 18.0 Å². The topological polar surface area (TPSA) is 115 Å². The molecular formula is C5H9N5O2. The van der Waals surface area contributed by atoms with Crippen LogP contribution in [-0.4, -0.2) is 31.2 Å². The number of ether oxygens (including phenoxy) is 1. The summed E-state index contributed by atoms with van der Waals surface area (Å²) in [6, 6.07) is -0.601. The predicted molar refractivity (Wildman–Crippen MR) is 42.6 cm³/mol. The number of nitrogens with zero attached hydrogens (tertiary/aromatic N) is 2.